The van der Waals surface area contributed by atoms with Gasteiger partial charge in [0.2, 0.25) is 11.8 Å². The van der Waals surface area contributed by atoms with Crippen LogP contribution in [0.25, 0.3) is 44.2 Å². The Morgan fingerprint density at radius 2 is 1.66 bits per heavy atom. The van der Waals surface area contributed by atoms with Crippen LogP contribution >= 0.6 is 0 Å². The SMILES string of the molecule is CC[C@H](C)[C@H](NC(=O)OC)C(=O)N1CCC[C@H]1c1ncc(-c2ccc(-c3ccc4c(ccc5[nH]c([C@@H]6C[C@H](COC)CN6C(O)[C@H](NC(=O)C6CC6)c6ccccc6)nc54)c3)cc2)[nH]1. The molecule has 6 aromatic rings. The van der Waals surface area contributed by atoms with Crippen LogP contribution in [0.5, 0.6) is 0 Å². The Labute approximate surface area is 373 Å². The Morgan fingerprint density at radius 1 is 0.891 bits per heavy atom. The first kappa shape index (κ1) is 43.2. The molecule has 4 aromatic carbocycles. The van der Waals surface area contributed by atoms with E-state index in [4.69, 9.17) is 19.4 Å². The number of benzene rings is 4. The van der Waals surface area contributed by atoms with Crippen molar-refractivity contribution in [2.45, 2.75) is 82.8 Å². The van der Waals surface area contributed by atoms with Gasteiger partial charge < -0.3 is 40.1 Å². The predicted octanol–water partition coefficient (Wildman–Crippen LogP) is 7.80. The summed E-state index contributed by atoms with van der Waals surface area (Å²) in [5.41, 5.74) is 6.63. The van der Waals surface area contributed by atoms with Gasteiger partial charge in [-0.1, -0.05) is 93.1 Å². The highest BCUT2D eigenvalue weighted by Gasteiger charge is 2.43. The third-order valence-electron chi connectivity index (χ3n) is 13.6. The van der Waals surface area contributed by atoms with Gasteiger partial charge in [0.15, 0.2) is 0 Å². The van der Waals surface area contributed by atoms with E-state index < -0.39 is 24.4 Å². The van der Waals surface area contributed by atoms with E-state index in [-0.39, 0.29) is 41.7 Å². The zero-order valence-electron chi connectivity index (χ0n) is 36.9. The highest BCUT2D eigenvalue weighted by Crippen LogP contribution is 2.41. The van der Waals surface area contributed by atoms with E-state index in [2.05, 4.69) is 80.1 Å². The fraction of sp³-hybridized carbons (Fsp3) is 0.420. The smallest absolute Gasteiger partial charge is 0.407 e. The average Bonchev–Trinajstić information content (AvgIpc) is 3.68. The number of imidazole rings is 2. The second-order valence-electron chi connectivity index (χ2n) is 17.8. The summed E-state index contributed by atoms with van der Waals surface area (Å²) in [5.74, 6) is 1.50. The van der Waals surface area contributed by atoms with Crippen molar-refractivity contribution in [1.82, 2.24) is 40.4 Å². The van der Waals surface area contributed by atoms with Crippen LogP contribution in [0.2, 0.25) is 0 Å². The molecule has 334 valence electrons. The van der Waals surface area contributed by atoms with Gasteiger partial charge >= 0.3 is 6.09 Å². The summed E-state index contributed by atoms with van der Waals surface area (Å²) in [6.45, 7) is 5.71. The highest BCUT2D eigenvalue weighted by molar-refractivity contribution is 6.05. The number of alkyl carbamates (subject to hydrolysis) is 1. The van der Waals surface area contributed by atoms with E-state index in [0.717, 1.165) is 99.9 Å². The molecule has 3 fully saturated rings. The van der Waals surface area contributed by atoms with E-state index in [9.17, 15) is 19.5 Å². The number of nitrogens with zero attached hydrogens (tertiary/aromatic N) is 4. The number of H-pyrrole nitrogens is 2. The standard InChI is InChI=1S/C50H58N8O6/c1-5-29(2)42(56-50(62)64-4)48(60)57-23-9-12-40(57)45-51-26-39(53-45)32-15-13-31(14-16-32)35-19-21-37-36(25-35)20-22-38-44(37)54-46(52-38)41-24-30(28-63-3)27-58(41)49(61)43(33-10-7-6-8-11-33)55-47(59)34-17-18-34/h6-8,10-11,13-16,19-22,25-26,29-30,34,40-43,49,61H,5,9,12,17-18,23-24,27-28H2,1-4H3,(H,51,53)(H,52,54)(H,55,59)(H,56,62)/t29-,30-,40-,41-,42-,43+,49?/m0/s1. The van der Waals surface area contributed by atoms with E-state index in [1.165, 1.54) is 7.11 Å². The van der Waals surface area contributed by atoms with Gasteiger partial charge in [-0.25, -0.2) is 14.8 Å². The van der Waals surface area contributed by atoms with Crippen LogP contribution in [-0.2, 0) is 19.1 Å². The summed E-state index contributed by atoms with van der Waals surface area (Å²) in [6.07, 6.45) is 5.10. The van der Waals surface area contributed by atoms with Crippen LogP contribution in [0.3, 0.4) is 0 Å². The van der Waals surface area contributed by atoms with Gasteiger partial charge in [0.05, 0.1) is 54.8 Å². The fourth-order valence-corrected chi connectivity index (χ4v) is 9.68. The molecular weight excluding hydrogens is 809 g/mol. The number of likely N-dealkylation sites (tertiary alicyclic amines) is 2. The van der Waals surface area contributed by atoms with Gasteiger partial charge in [-0.15, -0.1) is 0 Å². The number of ether oxygens (including phenoxy) is 2. The zero-order valence-corrected chi connectivity index (χ0v) is 36.9. The summed E-state index contributed by atoms with van der Waals surface area (Å²) >= 11 is 0. The maximum atomic E-state index is 13.8. The first-order valence-corrected chi connectivity index (χ1v) is 22.6. The molecule has 64 heavy (non-hydrogen) atoms. The molecule has 1 aliphatic carbocycles. The summed E-state index contributed by atoms with van der Waals surface area (Å²) in [4.78, 5) is 59.9. The summed E-state index contributed by atoms with van der Waals surface area (Å²) in [7, 11) is 3.01. The first-order valence-electron chi connectivity index (χ1n) is 22.6. The van der Waals surface area contributed by atoms with Crippen LogP contribution in [0.4, 0.5) is 4.79 Å². The molecule has 1 unspecified atom stereocenters. The highest BCUT2D eigenvalue weighted by atomic mass is 16.5. The lowest BCUT2D eigenvalue weighted by molar-refractivity contribution is -0.135. The maximum absolute atomic E-state index is 13.8. The Morgan fingerprint density at radius 3 is 2.39 bits per heavy atom. The largest absolute Gasteiger partial charge is 0.453 e. The van der Waals surface area contributed by atoms with Crippen molar-refractivity contribution in [1.29, 1.82) is 0 Å². The quantitative estimate of drug-likeness (QED) is 0.0689. The first-order chi connectivity index (χ1) is 31.1. The monoisotopic (exact) mass is 866 g/mol. The second kappa shape index (κ2) is 18.6. The number of rotatable bonds is 15. The minimum absolute atomic E-state index is 0.0106. The van der Waals surface area contributed by atoms with Crippen molar-refractivity contribution in [3.8, 4) is 22.4 Å². The average molecular weight is 867 g/mol. The molecule has 3 amide bonds. The molecule has 2 saturated heterocycles. The molecule has 14 heteroatoms. The number of amides is 3. The third kappa shape index (κ3) is 8.74. The Balaban J connectivity index is 0.930. The molecular formula is C50H58N8O6. The van der Waals surface area contributed by atoms with Crippen LogP contribution in [-0.4, -0.2) is 98.9 Å². The molecule has 5 N–H and O–H groups in total. The molecule has 0 radical (unpaired) electrons. The number of aromatic amines is 2. The van der Waals surface area contributed by atoms with E-state index in [1.807, 2.05) is 55.3 Å². The zero-order chi connectivity index (χ0) is 44.5. The van der Waals surface area contributed by atoms with Gasteiger partial charge in [0.1, 0.15) is 23.9 Å². The molecule has 0 bridgehead atoms. The van der Waals surface area contributed by atoms with E-state index in [0.29, 0.717) is 19.7 Å². The minimum atomic E-state index is -0.981. The van der Waals surface area contributed by atoms with Crippen molar-refractivity contribution in [2.24, 2.45) is 17.8 Å². The van der Waals surface area contributed by atoms with Crippen molar-refractivity contribution in [3.63, 3.8) is 0 Å². The molecule has 14 nitrogen and oxygen atoms in total. The van der Waals surface area contributed by atoms with Crippen molar-refractivity contribution in [2.75, 3.05) is 33.9 Å². The number of aromatic nitrogens is 4. The number of aliphatic hydroxyl groups is 1. The molecule has 0 spiro atoms. The van der Waals surface area contributed by atoms with Crippen LogP contribution in [0, 0.1) is 17.8 Å². The van der Waals surface area contributed by atoms with Gasteiger partial charge in [-0.05, 0) is 83.7 Å². The number of fused-ring (bicyclic) bond motifs is 3. The molecule has 9 rings (SSSR count). The topological polar surface area (TPSA) is 178 Å². The molecule has 7 atom stereocenters. The summed E-state index contributed by atoms with van der Waals surface area (Å²) < 4.78 is 10.4. The van der Waals surface area contributed by atoms with Gasteiger partial charge in [0.25, 0.3) is 0 Å². The van der Waals surface area contributed by atoms with Gasteiger partial charge in [-0.2, -0.15) is 0 Å². The summed E-state index contributed by atoms with van der Waals surface area (Å²) in [5, 5.41) is 20.2. The third-order valence-corrected chi connectivity index (χ3v) is 13.6. The van der Waals surface area contributed by atoms with Crippen LogP contribution in [0.15, 0.2) is 91.1 Å². The van der Waals surface area contributed by atoms with Crippen LogP contribution < -0.4 is 10.6 Å². The van der Waals surface area contributed by atoms with Crippen molar-refractivity contribution in [3.05, 3.63) is 108 Å². The van der Waals surface area contributed by atoms with Crippen LogP contribution in [0.1, 0.15) is 87.7 Å². The number of carbonyl (C=O) groups is 3. The molecule has 3 aliphatic rings. The van der Waals surface area contributed by atoms with Crippen molar-refractivity contribution < 1.29 is 29.0 Å². The molecule has 2 aliphatic heterocycles. The van der Waals surface area contributed by atoms with Gasteiger partial charge in [-0.3, -0.25) is 14.5 Å². The number of aliphatic hydroxyl groups excluding tert-OH is 1. The number of hydrogen-bond donors (Lipinski definition) is 5. The number of nitrogens with one attached hydrogen (secondary N) is 4. The Bertz CT molecular complexity index is 2610. The maximum Gasteiger partial charge on any atom is 0.407 e. The molecule has 1 saturated carbocycles. The van der Waals surface area contributed by atoms with Crippen molar-refractivity contribution >= 4 is 39.7 Å². The predicted molar refractivity (Wildman–Crippen MR) is 245 cm³/mol. The second-order valence-corrected chi connectivity index (χ2v) is 17.8. The van der Waals surface area contributed by atoms with E-state index in [1.54, 1.807) is 7.11 Å². The minimum Gasteiger partial charge on any atom is -0.453 e. The van der Waals surface area contributed by atoms with Gasteiger partial charge in [0, 0.05) is 31.5 Å². The number of methoxy groups -OCH3 is 2. The molecule has 2 aromatic heterocycles. The number of carbonyl (C=O) groups excluding carboxylic acids is 3. The fourth-order valence-electron chi connectivity index (χ4n) is 9.68. The van der Waals surface area contributed by atoms with E-state index >= 15 is 0 Å². The Kier molecular flexibility index (Phi) is 12.5. The lowest BCUT2D eigenvalue weighted by Crippen LogP contribution is -2.51. The number of hydrogen-bond acceptors (Lipinski definition) is 9. The lowest BCUT2D eigenvalue weighted by Gasteiger charge is -2.34. The molecule has 4 heterocycles. The Hall–Kier alpha value is -6.09. The summed E-state index contributed by atoms with van der Waals surface area (Å²) in [6, 6.07) is 27.0. The normalized spacial score (nSPS) is 20.9. The lowest BCUT2D eigenvalue weighted by atomic mass is 9.97.